The summed E-state index contributed by atoms with van der Waals surface area (Å²) >= 11 is 1.39. The van der Waals surface area contributed by atoms with Gasteiger partial charge in [0.2, 0.25) is 0 Å². The van der Waals surface area contributed by atoms with E-state index in [0.717, 1.165) is 21.7 Å². The fraction of sp³-hybridized carbons (Fsp3) is 0. The second-order valence-corrected chi connectivity index (χ2v) is 6.26. The fourth-order valence-electron chi connectivity index (χ4n) is 2.30. The number of aromatic nitrogens is 2. The van der Waals surface area contributed by atoms with Crippen molar-refractivity contribution < 1.29 is 9.53 Å². The van der Waals surface area contributed by atoms with Crippen molar-refractivity contribution in [2.75, 3.05) is 5.32 Å². The lowest BCUT2D eigenvalue weighted by Crippen LogP contribution is -2.12. The zero-order valence-electron chi connectivity index (χ0n) is 13.0. The molecule has 0 unspecified atom stereocenters. The number of nitrogens with one attached hydrogen (secondary N) is 1. The van der Waals surface area contributed by atoms with Crippen LogP contribution in [0.1, 0.15) is 10.5 Å². The quantitative estimate of drug-likeness (QED) is 0.579. The third-order valence-corrected chi connectivity index (χ3v) is 4.39. The number of anilines is 1. The Morgan fingerprint density at radius 2 is 1.80 bits per heavy atom. The first-order valence-electron chi connectivity index (χ1n) is 7.64. The van der Waals surface area contributed by atoms with E-state index in [4.69, 9.17) is 4.74 Å². The predicted octanol–water partition coefficient (Wildman–Crippen LogP) is 4.74. The molecule has 2 aromatic carbocycles. The molecule has 0 bridgehead atoms. The van der Waals surface area contributed by atoms with E-state index in [1.165, 1.54) is 11.3 Å². The summed E-state index contributed by atoms with van der Waals surface area (Å²) in [5.41, 5.74) is 1.16. The van der Waals surface area contributed by atoms with E-state index in [-0.39, 0.29) is 5.91 Å². The summed E-state index contributed by atoms with van der Waals surface area (Å²) in [6, 6.07) is 20.4. The van der Waals surface area contributed by atoms with Crippen molar-refractivity contribution in [2.45, 2.75) is 0 Å². The van der Waals surface area contributed by atoms with Crippen LogP contribution >= 0.6 is 11.3 Å². The predicted molar refractivity (Wildman–Crippen MR) is 98.3 cm³/mol. The van der Waals surface area contributed by atoms with Crippen LogP contribution in [0.15, 0.2) is 72.9 Å². The number of ether oxygens (including phenoxy) is 1. The maximum absolute atomic E-state index is 12.2. The van der Waals surface area contributed by atoms with Gasteiger partial charge in [0.15, 0.2) is 5.13 Å². The molecule has 1 N–H and O–H groups in total. The summed E-state index contributed by atoms with van der Waals surface area (Å²) in [5.74, 6) is 1.22. The molecule has 0 aliphatic carbocycles. The van der Waals surface area contributed by atoms with Crippen molar-refractivity contribution in [3.8, 4) is 11.5 Å². The van der Waals surface area contributed by atoms with E-state index in [2.05, 4.69) is 15.3 Å². The van der Waals surface area contributed by atoms with Gasteiger partial charge in [0, 0.05) is 12.3 Å². The molecule has 0 radical (unpaired) electrons. The first-order valence-corrected chi connectivity index (χ1v) is 8.45. The smallest absolute Gasteiger partial charge is 0.276 e. The molecule has 25 heavy (non-hydrogen) atoms. The summed E-state index contributed by atoms with van der Waals surface area (Å²) in [7, 11) is 0. The van der Waals surface area contributed by atoms with Crippen molar-refractivity contribution in [1.29, 1.82) is 0 Å². The summed E-state index contributed by atoms with van der Waals surface area (Å²) < 4.78 is 6.76. The van der Waals surface area contributed by atoms with Crippen molar-refractivity contribution in [3.63, 3.8) is 0 Å². The van der Waals surface area contributed by atoms with Crippen molar-refractivity contribution in [1.82, 2.24) is 9.97 Å². The van der Waals surface area contributed by atoms with Gasteiger partial charge >= 0.3 is 0 Å². The van der Waals surface area contributed by atoms with Gasteiger partial charge in [0.25, 0.3) is 5.91 Å². The normalized spacial score (nSPS) is 10.6. The van der Waals surface area contributed by atoms with E-state index in [1.807, 2.05) is 48.5 Å². The highest BCUT2D eigenvalue weighted by molar-refractivity contribution is 7.22. The number of hydrogen-bond acceptors (Lipinski definition) is 5. The molecule has 0 aliphatic heterocycles. The minimum absolute atomic E-state index is 0.277. The van der Waals surface area contributed by atoms with Crippen LogP contribution < -0.4 is 10.1 Å². The molecule has 0 fully saturated rings. The van der Waals surface area contributed by atoms with Gasteiger partial charge in [0.05, 0.1) is 10.2 Å². The number of para-hydroxylation sites is 1. The van der Waals surface area contributed by atoms with Crippen LogP contribution in [0.25, 0.3) is 10.2 Å². The number of rotatable bonds is 4. The second-order valence-electron chi connectivity index (χ2n) is 5.23. The Hall–Kier alpha value is -3.25. The molecule has 0 atom stereocenters. The van der Waals surface area contributed by atoms with Crippen LogP contribution in [0.2, 0.25) is 0 Å². The number of fused-ring (bicyclic) bond motifs is 1. The molecule has 0 saturated heterocycles. The lowest BCUT2D eigenvalue weighted by Gasteiger charge is -2.04. The molecule has 2 aromatic heterocycles. The average Bonchev–Trinajstić information content (AvgIpc) is 3.05. The summed E-state index contributed by atoms with van der Waals surface area (Å²) in [4.78, 5) is 20.6. The van der Waals surface area contributed by atoms with Gasteiger partial charge in [-0.15, -0.1) is 0 Å². The molecule has 0 spiro atoms. The second kappa shape index (κ2) is 6.70. The van der Waals surface area contributed by atoms with Crippen LogP contribution in [0.3, 0.4) is 0 Å². The van der Waals surface area contributed by atoms with E-state index >= 15 is 0 Å². The van der Waals surface area contributed by atoms with Crippen LogP contribution in [0.5, 0.6) is 11.5 Å². The number of nitrogens with zero attached hydrogens (tertiary/aromatic N) is 2. The number of pyridine rings is 1. The highest BCUT2D eigenvalue weighted by Crippen LogP contribution is 2.31. The first-order chi connectivity index (χ1) is 12.3. The van der Waals surface area contributed by atoms with Crippen LogP contribution in [-0.4, -0.2) is 15.9 Å². The number of carbonyl (C=O) groups is 1. The minimum Gasteiger partial charge on any atom is -0.457 e. The van der Waals surface area contributed by atoms with E-state index in [1.54, 1.807) is 24.4 Å². The number of benzene rings is 2. The van der Waals surface area contributed by atoms with Crippen molar-refractivity contribution in [3.05, 3.63) is 78.6 Å². The third kappa shape index (κ3) is 3.49. The molecule has 2 heterocycles. The zero-order valence-corrected chi connectivity index (χ0v) is 13.9. The average molecular weight is 347 g/mol. The van der Waals surface area contributed by atoms with Crippen molar-refractivity contribution in [2.24, 2.45) is 0 Å². The molecule has 0 saturated carbocycles. The van der Waals surface area contributed by atoms with E-state index < -0.39 is 0 Å². The lowest BCUT2D eigenvalue weighted by molar-refractivity contribution is 0.102. The molecule has 1 amide bonds. The Morgan fingerprint density at radius 3 is 2.60 bits per heavy atom. The first kappa shape index (κ1) is 15.3. The standard InChI is InChI=1S/C19H13N3O2S/c23-18(16-8-4-5-11-20-16)22-19-21-15-10-9-14(12-17(15)25-19)24-13-6-2-1-3-7-13/h1-12H,(H,21,22,23). The molecule has 122 valence electrons. The SMILES string of the molecule is O=C(Nc1nc2ccc(Oc3ccccc3)cc2s1)c1ccccn1. The molecule has 0 aliphatic rings. The van der Waals surface area contributed by atoms with E-state index in [9.17, 15) is 4.79 Å². The Balaban J connectivity index is 1.55. The highest BCUT2D eigenvalue weighted by atomic mass is 32.1. The Bertz CT molecular complexity index is 1020. The van der Waals surface area contributed by atoms with Gasteiger partial charge in [-0.25, -0.2) is 4.98 Å². The largest absolute Gasteiger partial charge is 0.457 e. The van der Waals surface area contributed by atoms with Gasteiger partial charge in [-0.3, -0.25) is 15.1 Å². The number of thiazole rings is 1. The van der Waals surface area contributed by atoms with Crippen molar-refractivity contribution >= 4 is 32.6 Å². The summed E-state index contributed by atoms with van der Waals surface area (Å²) in [5, 5.41) is 3.31. The lowest BCUT2D eigenvalue weighted by atomic mass is 10.3. The van der Waals surface area contributed by atoms with Gasteiger partial charge in [0.1, 0.15) is 17.2 Å². The molecule has 6 heteroatoms. The van der Waals surface area contributed by atoms with Gasteiger partial charge < -0.3 is 4.74 Å². The topological polar surface area (TPSA) is 64.1 Å². The summed E-state index contributed by atoms with van der Waals surface area (Å²) in [6.07, 6.45) is 1.58. The molecule has 4 rings (SSSR count). The zero-order chi connectivity index (χ0) is 17.1. The van der Waals surface area contributed by atoms with Gasteiger partial charge in [-0.1, -0.05) is 35.6 Å². The maximum atomic E-state index is 12.2. The number of hydrogen-bond donors (Lipinski definition) is 1. The number of amides is 1. The van der Waals surface area contributed by atoms with Gasteiger partial charge in [-0.05, 0) is 36.4 Å². The third-order valence-electron chi connectivity index (χ3n) is 3.46. The maximum Gasteiger partial charge on any atom is 0.276 e. The molecule has 4 aromatic rings. The monoisotopic (exact) mass is 347 g/mol. The Morgan fingerprint density at radius 1 is 0.960 bits per heavy atom. The molecular weight excluding hydrogens is 334 g/mol. The highest BCUT2D eigenvalue weighted by Gasteiger charge is 2.11. The van der Waals surface area contributed by atoms with Crippen LogP contribution in [-0.2, 0) is 0 Å². The number of carbonyl (C=O) groups excluding carboxylic acids is 1. The minimum atomic E-state index is -0.277. The van der Waals surface area contributed by atoms with Gasteiger partial charge in [-0.2, -0.15) is 0 Å². The summed E-state index contributed by atoms with van der Waals surface area (Å²) in [6.45, 7) is 0. The Kier molecular flexibility index (Phi) is 4.10. The van der Waals surface area contributed by atoms with Crippen LogP contribution in [0, 0.1) is 0 Å². The Labute approximate surface area is 147 Å². The fourth-order valence-corrected chi connectivity index (χ4v) is 3.19. The molecular formula is C19H13N3O2S. The van der Waals surface area contributed by atoms with E-state index in [0.29, 0.717) is 10.8 Å². The molecule has 5 nitrogen and oxygen atoms in total. The van der Waals surface area contributed by atoms with Crippen LogP contribution in [0.4, 0.5) is 5.13 Å².